The van der Waals surface area contributed by atoms with E-state index in [4.69, 9.17) is 5.73 Å². The summed E-state index contributed by atoms with van der Waals surface area (Å²) in [7, 11) is 0. The topological polar surface area (TPSA) is 59.2 Å². The van der Waals surface area contributed by atoms with Gasteiger partial charge in [0.2, 0.25) is 0 Å². The summed E-state index contributed by atoms with van der Waals surface area (Å²) in [4.78, 5) is 18.6. The molecule has 5 heteroatoms. The van der Waals surface area contributed by atoms with E-state index in [2.05, 4.69) is 11.9 Å². The van der Waals surface area contributed by atoms with Gasteiger partial charge in [0.05, 0.1) is 6.04 Å². The van der Waals surface area contributed by atoms with Crippen LogP contribution in [0.25, 0.3) is 0 Å². The van der Waals surface area contributed by atoms with E-state index in [1.807, 2.05) is 17.2 Å². The van der Waals surface area contributed by atoms with E-state index in [0.717, 1.165) is 30.9 Å². The fourth-order valence-corrected chi connectivity index (χ4v) is 3.09. The van der Waals surface area contributed by atoms with Crippen molar-refractivity contribution in [2.75, 3.05) is 13.1 Å². The summed E-state index contributed by atoms with van der Waals surface area (Å²) in [5, 5.41) is 2.67. The number of nitrogens with two attached hydrogens (primary N) is 1. The van der Waals surface area contributed by atoms with Gasteiger partial charge in [-0.05, 0) is 25.7 Å². The van der Waals surface area contributed by atoms with Crippen LogP contribution in [0.5, 0.6) is 0 Å². The first-order chi connectivity index (χ1) is 8.61. The number of rotatable bonds is 3. The molecule has 0 saturated carbocycles. The lowest BCUT2D eigenvalue weighted by Crippen LogP contribution is -2.39. The fourth-order valence-electron chi connectivity index (χ4n) is 2.34. The number of carbonyl (C=O) groups excluding carboxylic acids is 1. The minimum absolute atomic E-state index is 0.0660. The summed E-state index contributed by atoms with van der Waals surface area (Å²) in [6.45, 7) is 5.82. The minimum atomic E-state index is -0.0960. The predicted molar refractivity (Wildman–Crippen MR) is 73.6 cm³/mol. The van der Waals surface area contributed by atoms with Gasteiger partial charge < -0.3 is 10.6 Å². The van der Waals surface area contributed by atoms with Crippen LogP contribution in [0.2, 0.25) is 0 Å². The molecule has 1 amide bonds. The van der Waals surface area contributed by atoms with Crippen molar-refractivity contribution in [3.05, 3.63) is 16.1 Å². The Bertz CT molecular complexity index is 416. The Morgan fingerprint density at radius 2 is 2.50 bits per heavy atom. The Morgan fingerprint density at radius 3 is 3.11 bits per heavy atom. The maximum absolute atomic E-state index is 12.3. The molecule has 1 fully saturated rings. The standard InChI is InChI=1S/C13H21N3OS/c1-3-10-5-4-6-16(7-10)13(17)11-8-18-12(15-11)9(2)14/h8-10H,3-7,14H2,1-2H3. The third-order valence-electron chi connectivity index (χ3n) is 3.51. The maximum Gasteiger partial charge on any atom is 0.273 e. The van der Waals surface area contributed by atoms with Crippen LogP contribution in [-0.4, -0.2) is 28.9 Å². The third-order valence-corrected chi connectivity index (χ3v) is 4.56. The smallest absolute Gasteiger partial charge is 0.273 e. The molecule has 0 aromatic carbocycles. The lowest BCUT2D eigenvalue weighted by molar-refractivity contribution is 0.0666. The number of aromatic nitrogens is 1. The molecule has 0 aliphatic carbocycles. The van der Waals surface area contributed by atoms with E-state index < -0.39 is 0 Å². The van der Waals surface area contributed by atoms with Crippen LogP contribution in [0.3, 0.4) is 0 Å². The fraction of sp³-hybridized carbons (Fsp3) is 0.692. The Labute approximate surface area is 112 Å². The molecular formula is C13H21N3OS. The summed E-state index contributed by atoms with van der Waals surface area (Å²) in [6, 6.07) is -0.0960. The van der Waals surface area contributed by atoms with Gasteiger partial charge in [-0.25, -0.2) is 4.98 Å². The molecule has 4 nitrogen and oxygen atoms in total. The maximum atomic E-state index is 12.3. The van der Waals surface area contributed by atoms with Gasteiger partial charge in [0.25, 0.3) is 5.91 Å². The van der Waals surface area contributed by atoms with Crippen molar-refractivity contribution < 1.29 is 4.79 Å². The van der Waals surface area contributed by atoms with Crippen LogP contribution in [0.15, 0.2) is 5.38 Å². The highest BCUT2D eigenvalue weighted by Crippen LogP contribution is 2.22. The van der Waals surface area contributed by atoms with E-state index >= 15 is 0 Å². The molecule has 0 radical (unpaired) electrons. The molecular weight excluding hydrogens is 246 g/mol. The molecule has 18 heavy (non-hydrogen) atoms. The summed E-state index contributed by atoms with van der Waals surface area (Å²) in [5.74, 6) is 0.713. The molecule has 2 rings (SSSR count). The molecule has 1 aliphatic heterocycles. The molecule has 1 saturated heterocycles. The zero-order chi connectivity index (χ0) is 13.1. The summed E-state index contributed by atoms with van der Waals surface area (Å²) < 4.78 is 0. The predicted octanol–water partition coefficient (Wildman–Crippen LogP) is 2.42. The molecule has 0 bridgehead atoms. The zero-order valence-corrected chi connectivity index (χ0v) is 11.9. The van der Waals surface area contributed by atoms with E-state index in [9.17, 15) is 4.79 Å². The lowest BCUT2D eigenvalue weighted by atomic mass is 9.95. The number of amides is 1. The minimum Gasteiger partial charge on any atom is -0.337 e. The number of hydrogen-bond donors (Lipinski definition) is 1. The molecule has 0 spiro atoms. The number of piperidine rings is 1. The van der Waals surface area contributed by atoms with Crippen molar-refractivity contribution in [2.45, 2.75) is 39.2 Å². The van der Waals surface area contributed by atoms with Crippen LogP contribution >= 0.6 is 11.3 Å². The largest absolute Gasteiger partial charge is 0.337 e. The third kappa shape index (κ3) is 2.90. The molecule has 2 atom stereocenters. The van der Waals surface area contributed by atoms with E-state index in [1.54, 1.807) is 0 Å². The first kappa shape index (κ1) is 13.5. The summed E-state index contributed by atoms with van der Waals surface area (Å²) in [5.41, 5.74) is 6.33. The highest BCUT2D eigenvalue weighted by Gasteiger charge is 2.25. The van der Waals surface area contributed by atoms with E-state index in [0.29, 0.717) is 11.6 Å². The highest BCUT2D eigenvalue weighted by molar-refractivity contribution is 7.09. The van der Waals surface area contributed by atoms with Crippen molar-refractivity contribution in [1.29, 1.82) is 0 Å². The number of thiazole rings is 1. The normalized spacial score (nSPS) is 21.9. The van der Waals surface area contributed by atoms with Crippen molar-refractivity contribution in [1.82, 2.24) is 9.88 Å². The molecule has 2 unspecified atom stereocenters. The van der Waals surface area contributed by atoms with Crippen molar-refractivity contribution in [3.63, 3.8) is 0 Å². The number of carbonyl (C=O) groups is 1. The Hall–Kier alpha value is -0.940. The van der Waals surface area contributed by atoms with Gasteiger partial charge in [-0.3, -0.25) is 4.79 Å². The lowest BCUT2D eigenvalue weighted by Gasteiger charge is -2.31. The van der Waals surface area contributed by atoms with Gasteiger partial charge in [0, 0.05) is 18.5 Å². The SMILES string of the molecule is CCC1CCCN(C(=O)c2csc(C(C)N)n2)C1. The average molecular weight is 267 g/mol. The van der Waals surface area contributed by atoms with Crippen LogP contribution in [0.1, 0.15) is 54.6 Å². The first-order valence-corrected chi connectivity index (χ1v) is 7.50. The molecule has 2 N–H and O–H groups in total. The number of hydrogen-bond acceptors (Lipinski definition) is 4. The van der Waals surface area contributed by atoms with Crippen molar-refractivity contribution in [2.24, 2.45) is 11.7 Å². The van der Waals surface area contributed by atoms with Crippen LogP contribution in [0.4, 0.5) is 0 Å². The first-order valence-electron chi connectivity index (χ1n) is 6.62. The van der Waals surface area contributed by atoms with E-state index in [-0.39, 0.29) is 11.9 Å². The monoisotopic (exact) mass is 267 g/mol. The summed E-state index contributed by atoms with van der Waals surface area (Å²) >= 11 is 1.47. The van der Waals surface area contributed by atoms with E-state index in [1.165, 1.54) is 17.8 Å². The molecule has 2 heterocycles. The average Bonchev–Trinajstić information content (AvgIpc) is 2.87. The molecule has 1 aliphatic rings. The van der Waals surface area contributed by atoms with Crippen LogP contribution < -0.4 is 5.73 Å². The summed E-state index contributed by atoms with van der Waals surface area (Å²) in [6.07, 6.45) is 3.49. The molecule has 100 valence electrons. The second kappa shape index (κ2) is 5.80. The van der Waals surface area contributed by atoms with Crippen molar-refractivity contribution >= 4 is 17.2 Å². The second-order valence-corrected chi connectivity index (χ2v) is 5.92. The Kier molecular flexibility index (Phi) is 4.35. The number of likely N-dealkylation sites (tertiary alicyclic amines) is 1. The number of nitrogens with zero attached hydrogens (tertiary/aromatic N) is 2. The van der Waals surface area contributed by atoms with Gasteiger partial charge in [-0.1, -0.05) is 13.3 Å². The van der Waals surface area contributed by atoms with Gasteiger partial charge in [0.15, 0.2) is 0 Å². The van der Waals surface area contributed by atoms with Gasteiger partial charge in [-0.2, -0.15) is 0 Å². The van der Waals surface area contributed by atoms with Gasteiger partial charge in [0.1, 0.15) is 10.7 Å². The van der Waals surface area contributed by atoms with Crippen LogP contribution in [0, 0.1) is 5.92 Å². The zero-order valence-electron chi connectivity index (χ0n) is 11.1. The highest BCUT2D eigenvalue weighted by atomic mass is 32.1. The van der Waals surface area contributed by atoms with Crippen molar-refractivity contribution in [3.8, 4) is 0 Å². The van der Waals surface area contributed by atoms with Gasteiger partial charge in [-0.15, -0.1) is 11.3 Å². The second-order valence-electron chi connectivity index (χ2n) is 5.03. The Morgan fingerprint density at radius 1 is 1.72 bits per heavy atom. The molecule has 1 aromatic rings. The quantitative estimate of drug-likeness (QED) is 0.915. The Balaban J connectivity index is 2.05. The van der Waals surface area contributed by atoms with Gasteiger partial charge >= 0.3 is 0 Å². The molecule has 1 aromatic heterocycles. The van der Waals surface area contributed by atoms with Crippen LogP contribution in [-0.2, 0) is 0 Å².